The lowest BCUT2D eigenvalue weighted by Crippen LogP contribution is -2.47. The van der Waals surface area contributed by atoms with Gasteiger partial charge in [0.2, 0.25) is 0 Å². The van der Waals surface area contributed by atoms with Gasteiger partial charge in [0.25, 0.3) is 0 Å². The molecule has 0 bridgehead atoms. The number of nitrogens with zero attached hydrogens (tertiary/aromatic N) is 1. The zero-order valence-electron chi connectivity index (χ0n) is 9.63. The van der Waals surface area contributed by atoms with E-state index in [1.54, 1.807) is 0 Å². The first-order valence-electron chi connectivity index (χ1n) is 6.28. The summed E-state index contributed by atoms with van der Waals surface area (Å²) in [6.07, 6.45) is 5.53. The Kier molecular flexibility index (Phi) is 3.45. The van der Waals surface area contributed by atoms with Gasteiger partial charge in [-0.2, -0.15) is 0 Å². The van der Waals surface area contributed by atoms with Crippen LogP contribution in [0.1, 0.15) is 39.5 Å². The number of nitrogens with one attached hydrogen (secondary N) is 1. The molecule has 1 aliphatic carbocycles. The second kappa shape index (κ2) is 4.63. The molecule has 0 radical (unpaired) electrons. The average molecular weight is 196 g/mol. The molecule has 14 heavy (non-hydrogen) atoms. The third-order valence-corrected chi connectivity index (χ3v) is 4.13. The van der Waals surface area contributed by atoms with Crippen LogP contribution in [-0.4, -0.2) is 36.6 Å². The maximum absolute atomic E-state index is 3.64. The van der Waals surface area contributed by atoms with Crippen LogP contribution in [0, 0.1) is 5.92 Å². The van der Waals surface area contributed by atoms with Gasteiger partial charge in [0.15, 0.2) is 0 Å². The molecule has 0 spiro atoms. The molecule has 3 atom stereocenters. The zero-order valence-corrected chi connectivity index (χ0v) is 9.63. The first-order chi connectivity index (χ1) is 6.81. The summed E-state index contributed by atoms with van der Waals surface area (Å²) in [5.41, 5.74) is 0. The molecule has 1 saturated heterocycles. The van der Waals surface area contributed by atoms with Crippen molar-refractivity contribution >= 4 is 0 Å². The highest BCUT2D eigenvalue weighted by atomic mass is 15.2. The highest BCUT2D eigenvalue weighted by Gasteiger charge is 2.32. The van der Waals surface area contributed by atoms with Gasteiger partial charge >= 0.3 is 0 Å². The Morgan fingerprint density at radius 1 is 1.21 bits per heavy atom. The predicted molar refractivity (Wildman–Crippen MR) is 60.5 cm³/mol. The van der Waals surface area contributed by atoms with Gasteiger partial charge < -0.3 is 5.32 Å². The highest BCUT2D eigenvalue weighted by molar-refractivity contribution is 4.88. The summed E-state index contributed by atoms with van der Waals surface area (Å²) >= 11 is 0. The van der Waals surface area contributed by atoms with E-state index in [1.165, 1.54) is 45.3 Å². The molecule has 2 rings (SSSR count). The molecule has 2 fully saturated rings. The molecule has 1 N–H and O–H groups in total. The van der Waals surface area contributed by atoms with Crippen molar-refractivity contribution in [3.05, 3.63) is 0 Å². The SMILES string of the molecule is CCC1CCN(C2CCC2C)CCN1. The fourth-order valence-electron chi connectivity index (χ4n) is 2.82. The van der Waals surface area contributed by atoms with E-state index >= 15 is 0 Å². The van der Waals surface area contributed by atoms with Gasteiger partial charge in [0, 0.05) is 25.2 Å². The Labute approximate surface area is 88.1 Å². The minimum atomic E-state index is 0.774. The van der Waals surface area contributed by atoms with Gasteiger partial charge in [-0.05, 0) is 38.1 Å². The smallest absolute Gasteiger partial charge is 0.0121 e. The molecule has 82 valence electrons. The van der Waals surface area contributed by atoms with Crippen LogP contribution >= 0.6 is 0 Å². The third-order valence-electron chi connectivity index (χ3n) is 4.13. The van der Waals surface area contributed by atoms with Crippen LogP contribution in [0.15, 0.2) is 0 Å². The Bertz CT molecular complexity index is 181. The topological polar surface area (TPSA) is 15.3 Å². The van der Waals surface area contributed by atoms with E-state index in [-0.39, 0.29) is 0 Å². The Hall–Kier alpha value is -0.0800. The molecule has 1 aliphatic heterocycles. The molecule has 2 aliphatic rings. The van der Waals surface area contributed by atoms with E-state index in [2.05, 4.69) is 24.1 Å². The molecule has 2 nitrogen and oxygen atoms in total. The van der Waals surface area contributed by atoms with Crippen LogP contribution in [0.5, 0.6) is 0 Å². The standard InChI is InChI=1S/C12H24N2/c1-3-11-6-8-14(9-7-13-11)12-5-4-10(12)2/h10-13H,3-9H2,1-2H3. The van der Waals surface area contributed by atoms with E-state index in [0.717, 1.165) is 18.0 Å². The molecule has 0 aromatic rings. The predicted octanol–water partition coefficient (Wildman–Crippen LogP) is 1.86. The molecule has 0 aromatic heterocycles. The van der Waals surface area contributed by atoms with Crippen LogP contribution in [0.25, 0.3) is 0 Å². The molecular weight excluding hydrogens is 172 g/mol. The molecule has 1 saturated carbocycles. The zero-order chi connectivity index (χ0) is 9.97. The number of rotatable bonds is 2. The average Bonchev–Trinajstić information content (AvgIpc) is 2.41. The Morgan fingerprint density at radius 3 is 2.64 bits per heavy atom. The third kappa shape index (κ3) is 2.12. The summed E-state index contributed by atoms with van der Waals surface area (Å²) in [4.78, 5) is 2.72. The van der Waals surface area contributed by atoms with Crippen molar-refractivity contribution in [1.82, 2.24) is 10.2 Å². The monoisotopic (exact) mass is 196 g/mol. The van der Waals surface area contributed by atoms with Crippen molar-refractivity contribution in [2.24, 2.45) is 5.92 Å². The maximum atomic E-state index is 3.64. The van der Waals surface area contributed by atoms with E-state index in [0.29, 0.717) is 0 Å². The van der Waals surface area contributed by atoms with Crippen LogP contribution in [0.4, 0.5) is 0 Å². The quantitative estimate of drug-likeness (QED) is 0.725. The molecule has 0 aromatic carbocycles. The minimum absolute atomic E-state index is 0.774. The lowest BCUT2D eigenvalue weighted by molar-refractivity contribution is 0.0775. The largest absolute Gasteiger partial charge is 0.313 e. The Morgan fingerprint density at radius 2 is 2.07 bits per heavy atom. The van der Waals surface area contributed by atoms with Crippen molar-refractivity contribution in [3.63, 3.8) is 0 Å². The lowest BCUT2D eigenvalue weighted by Gasteiger charge is -2.42. The van der Waals surface area contributed by atoms with Crippen molar-refractivity contribution < 1.29 is 0 Å². The summed E-state index contributed by atoms with van der Waals surface area (Å²) < 4.78 is 0. The second-order valence-corrected chi connectivity index (χ2v) is 5.01. The van der Waals surface area contributed by atoms with Crippen molar-refractivity contribution in [1.29, 1.82) is 0 Å². The fourth-order valence-corrected chi connectivity index (χ4v) is 2.82. The molecule has 1 heterocycles. The van der Waals surface area contributed by atoms with Gasteiger partial charge in [-0.1, -0.05) is 13.8 Å². The van der Waals surface area contributed by atoms with Crippen LogP contribution in [-0.2, 0) is 0 Å². The van der Waals surface area contributed by atoms with Gasteiger partial charge in [-0.3, -0.25) is 4.90 Å². The summed E-state index contributed by atoms with van der Waals surface area (Å²) in [6.45, 7) is 8.48. The van der Waals surface area contributed by atoms with E-state index in [1.807, 2.05) is 0 Å². The van der Waals surface area contributed by atoms with Gasteiger partial charge in [-0.15, -0.1) is 0 Å². The van der Waals surface area contributed by atoms with Crippen molar-refractivity contribution in [2.75, 3.05) is 19.6 Å². The highest BCUT2D eigenvalue weighted by Crippen LogP contribution is 2.31. The van der Waals surface area contributed by atoms with Gasteiger partial charge in [-0.25, -0.2) is 0 Å². The van der Waals surface area contributed by atoms with Crippen LogP contribution in [0.2, 0.25) is 0 Å². The van der Waals surface area contributed by atoms with Crippen molar-refractivity contribution in [2.45, 2.75) is 51.6 Å². The summed E-state index contributed by atoms with van der Waals surface area (Å²) in [5, 5.41) is 3.64. The van der Waals surface area contributed by atoms with Crippen molar-refractivity contribution in [3.8, 4) is 0 Å². The summed E-state index contributed by atoms with van der Waals surface area (Å²) in [7, 11) is 0. The van der Waals surface area contributed by atoms with Crippen LogP contribution < -0.4 is 5.32 Å². The second-order valence-electron chi connectivity index (χ2n) is 5.01. The minimum Gasteiger partial charge on any atom is -0.313 e. The maximum Gasteiger partial charge on any atom is 0.0121 e. The molecule has 2 heteroatoms. The van der Waals surface area contributed by atoms with E-state index < -0.39 is 0 Å². The van der Waals surface area contributed by atoms with Gasteiger partial charge in [0.1, 0.15) is 0 Å². The first kappa shape index (κ1) is 10.4. The molecule has 0 amide bonds. The summed E-state index contributed by atoms with van der Waals surface area (Å²) in [5.74, 6) is 0.952. The van der Waals surface area contributed by atoms with E-state index in [9.17, 15) is 0 Å². The fraction of sp³-hybridized carbons (Fsp3) is 1.00. The Balaban J connectivity index is 1.83. The van der Waals surface area contributed by atoms with Crippen LogP contribution in [0.3, 0.4) is 0 Å². The molecule has 3 unspecified atom stereocenters. The normalized spacial score (nSPS) is 40.3. The van der Waals surface area contributed by atoms with E-state index in [4.69, 9.17) is 0 Å². The first-order valence-corrected chi connectivity index (χ1v) is 6.28. The molecular formula is C12H24N2. The number of hydrogen-bond donors (Lipinski definition) is 1. The lowest BCUT2D eigenvalue weighted by atomic mass is 9.80. The number of hydrogen-bond acceptors (Lipinski definition) is 2. The van der Waals surface area contributed by atoms with Gasteiger partial charge in [0.05, 0.1) is 0 Å². The summed E-state index contributed by atoms with van der Waals surface area (Å²) in [6, 6.07) is 1.68.